The third kappa shape index (κ3) is 3.35. The van der Waals surface area contributed by atoms with Gasteiger partial charge < -0.3 is 10.1 Å². The van der Waals surface area contributed by atoms with Crippen molar-refractivity contribution in [1.82, 2.24) is 5.32 Å². The van der Waals surface area contributed by atoms with Crippen LogP contribution in [-0.4, -0.2) is 24.5 Å². The molecule has 1 N–H and O–H groups in total. The molecule has 108 valence electrons. The van der Waals surface area contributed by atoms with Gasteiger partial charge in [0.05, 0.1) is 12.0 Å². The van der Waals surface area contributed by atoms with Gasteiger partial charge >= 0.3 is 5.97 Å². The first kappa shape index (κ1) is 14.5. The van der Waals surface area contributed by atoms with Gasteiger partial charge in [-0.3, -0.25) is 9.59 Å². The summed E-state index contributed by atoms with van der Waals surface area (Å²) >= 11 is 0. The lowest BCUT2D eigenvalue weighted by Gasteiger charge is -2.30. The molecule has 1 fully saturated rings. The number of esters is 1. The Morgan fingerprint density at radius 3 is 2.60 bits per heavy atom. The Kier molecular flexibility index (Phi) is 4.37. The molecule has 1 aromatic carbocycles. The number of carbonyl (C=O) groups is 2. The topological polar surface area (TPSA) is 55.4 Å². The fraction of sp³-hybridized carbons (Fsp3) is 0.467. The van der Waals surface area contributed by atoms with E-state index in [4.69, 9.17) is 4.74 Å². The Bertz CT molecular complexity index is 498. The Morgan fingerprint density at radius 1 is 1.35 bits per heavy atom. The Labute approximate surface area is 117 Å². The number of rotatable bonds is 3. The molecular weight excluding hydrogens is 261 g/mol. The van der Waals surface area contributed by atoms with Gasteiger partial charge in [0.25, 0.3) is 0 Å². The number of amides is 1. The van der Waals surface area contributed by atoms with Gasteiger partial charge in [0.15, 0.2) is 0 Å². The van der Waals surface area contributed by atoms with Crippen LogP contribution in [0.1, 0.15) is 31.7 Å². The van der Waals surface area contributed by atoms with Gasteiger partial charge in [0.1, 0.15) is 5.82 Å². The molecule has 20 heavy (non-hydrogen) atoms. The van der Waals surface area contributed by atoms with Crippen LogP contribution >= 0.6 is 0 Å². The Balaban J connectivity index is 2.22. The zero-order valence-electron chi connectivity index (χ0n) is 11.6. The minimum absolute atomic E-state index is 0.104. The second-order valence-electron chi connectivity index (χ2n) is 5.26. The molecule has 2 atom stereocenters. The molecule has 1 aliphatic heterocycles. The third-order valence-electron chi connectivity index (χ3n) is 3.36. The summed E-state index contributed by atoms with van der Waals surface area (Å²) in [6.45, 7) is 3.82. The Hall–Kier alpha value is -1.91. The number of hydrogen-bond donors (Lipinski definition) is 1. The van der Waals surface area contributed by atoms with Crippen molar-refractivity contribution in [1.29, 1.82) is 0 Å². The molecule has 1 aromatic rings. The smallest absolute Gasteiger partial charge is 0.311 e. The number of ether oxygens (including phenoxy) is 1. The van der Waals surface area contributed by atoms with Gasteiger partial charge in [-0.1, -0.05) is 12.1 Å². The number of carbonyl (C=O) groups excluding carboxylic acids is 2. The zero-order valence-corrected chi connectivity index (χ0v) is 11.6. The van der Waals surface area contributed by atoms with E-state index in [-0.39, 0.29) is 42.7 Å². The van der Waals surface area contributed by atoms with Gasteiger partial charge in [-0.15, -0.1) is 0 Å². The van der Waals surface area contributed by atoms with E-state index >= 15 is 0 Å². The highest BCUT2D eigenvalue weighted by molar-refractivity contribution is 5.83. The molecule has 1 aliphatic rings. The summed E-state index contributed by atoms with van der Waals surface area (Å²) in [5.74, 6) is -1.46. The summed E-state index contributed by atoms with van der Waals surface area (Å²) < 4.78 is 18.2. The van der Waals surface area contributed by atoms with Crippen LogP contribution in [0.4, 0.5) is 4.39 Å². The fourth-order valence-corrected chi connectivity index (χ4v) is 2.41. The van der Waals surface area contributed by atoms with Crippen LogP contribution in [0.25, 0.3) is 0 Å². The number of halogens is 1. The summed E-state index contributed by atoms with van der Waals surface area (Å²) in [6.07, 6.45) is 0.0118. The van der Waals surface area contributed by atoms with E-state index in [2.05, 4.69) is 5.32 Å². The van der Waals surface area contributed by atoms with Crippen LogP contribution in [0.5, 0.6) is 0 Å². The summed E-state index contributed by atoms with van der Waals surface area (Å²) in [5.41, 5.74) is 0.784. The molecule has 0 saturated carbocycles. The van der Waals surface area contributed by atoms with E-state index in [1.807, 2.05) is 0 Å². The van der Waals surface area contributed by atoms with Crippen molar-refractivity contribution in [3.8, 4) is 0 Å². The van der Waals surface area contributed by atoms with Crippen LogP contribution in [0.2, 0.25) is 0 Å². The van der Waals surface area contributed by atoms with Crippen LogP contribution in [0.15, 0.2) is 24.3 Å². The molecule has 0 aromatic heterocycles. The molecule has 1 saturated heterocycles. The van der Waals surface area contributed by atoms with Crippen LogP contribution in [0, 0.1) is 11.7 Å². The average Bonchev–Trinajstić information content (AvgIpc) is 2.38. The number of piperidine rings is 1. The molecule has 0 unspecified atom stereocenters. The number of hydrogen-bond acceptors (Lipinski definition) is 3. The average molecular weight is 279 g/mol. The normalized spacial score (nSPS) is 22.5. The van der Waals surface area contributed by atoms with Crippen LogP contribution in [0.3, 0.4) is 0 Å². The van der Waals surface area contributed by atoms with E-state index in [0.717, 1.165) is 5.56 Å². The highest BCUT2D eigenvalue weighted by Gasteiger charge is 2.36. The number of benzene rings is 1. The molecular formula is C15H18FNO3. The van der Waals surface area contributed by atoms with E-state index in [1.54, 1.807) is 26.0 Å². The SMILES string of the molecule is CC(C)OC(=O)[C@H]1CNC(=O)C[C@H]1c1ccc(F)cc1. The van der Waals surface area contributed by atoms with Crippen molar-refractivity contribution >= 4 is 11.9 Å². The van der Waals surface area contributed by atoms with Gasteiger partial charge in [0, 0.05) is 18.9 Å². The number of nitrogens with one attached hydrogen (secondary N) is 1. The first-order valence-electron chi connectivity index (χ1n) is 6.70. The maximum Gasteiger partial charge on any atom is 0.311 e. The maximum absolute atomic E-state index is 13.0. The highest BCUT2D eigenvalue weighted by atomic mass is 19.1. The van der Waals surface area contributed by atoms with E-state index < -0.39 is 5.92 Å². The van der Waals surface area contributed by atoms with Gasteiger partial charge in [-0.2, -0.15) is 0 Å². The van der Waals surface area contributed by atoms with Crippen molar-refractivity contribution in [3.05, 3.63) is 35.6 Å². The van der Waals surface area contributed by atoms with E-state index in [0.29, 0.717) is 0 Å². The molecule has 0 aliphatic carbocycles. The second kappa shape index (κ2) is 6.03. The minimum atomic E-state index is -0.430. The molecule has 5 heteroatoms. The summed E-state index contributed by atoms with van der Waals surface area (Å²) in [5, 5.41) is 2.68. The van der Waals surface area contributed by atoms with E-state index in [9.17, 15) is 14.0 Å². The van der Waals surface area contributed by atoms with Gasteiger partial charge in [-0.05, 0) is 31.5 Å². The van der Waals surface area contributed by atoms with E-state index in [1.165, 1.54) is 12.1 Å². The monoisotopic (exact) mass is 279 g/mol. The van der Waals surface area contributed by atoms with Gasteiger partial charge in [-0.25, -0.2) is 4.39 Å². The molecule has 1 amide bonds. The minimum Gasteiger partial charge on any atom is -0.463 e. The second-order valence-corrected chi connectivity index (χ2v) is 5.26. The first-order valence-corrected chi connectivity index (χ1v) is 6.70. The first-order chi connectivity index (χ1) is 9.47. The van der Waals surface area contributed by atoms with Crippen molar-refractivity contribution in [2.45, 2.75) is 32.3 Å². The third-order valence-corrected chi connectivity index (χ3v) is 3.36. The fourth-order valence-electron chi connectivity index (χ4n) is 2.41. The molecule has 0 radical (unpaired) electrons. The lowest BCUT2D eigenvalue weighted by atomic mass is 9.81. The lowest BCUT2D eigenvalue weighted by molar-refractivity contribution is -0.154. The standard InChI is InChI=1S/C15H18FNO3/c1-9(2)20-15(19)13-8-17-14(18)7-12(13)10-3-5-11(16)6-4-10/h3-6,9,12-13H,7-8H2,1-2H3,(H,17,18)/t12-,13-/m0/s1. The zero-order chi connectivity index (χ0) is 14.7. The lowest BCUT2D eigenvalue weighted by Crippen LogP contribution is -2.44. The summed E-state index contributed by atoms with van der Waals surface area (Å²) in [6, 6.07) is 5.92. The van der Waals surface area contributed by atoms with Crippen LogP contribution in [-0.2, 0) is 14.3 Å². The van der Waals surface area contributed by atoms with Crippen molar-refractivity contribution in [3.63, 3.8) is 0 Å². The summed E-state index contributed by atoms with van der Waals surface area (Å²) in [4.78, 5) is 23.7. The van der Waals surface area contributed by atoms with Crippen molar-refractivity contribution in [2.75, 3.05) is 6.54 Å². The predicted octanol–water partition coefficient (Wildman–Crippen LogP) is 2.00. The Morgan fingerprint density at radius 2 is 2.00 bits per heavy atom. The van der Waals surface area contributed by atoms with Crippen molar-refractivity contribution < 1.29 is 18.7 Å². The molecule has 2 rings (SSSR count). The predicted molar refractivity (Wildman–Crippen MR) is 71.5 cm³/mol. The van der Waals surface area contributed by atoms with Gasteiger partial charge in [0.2, 0.25) is 5.91 Å². The molecule has 1 heterocycles. The highest BCUT2D eigenvalue weighted by Crippen LogP contribution is 2.32. The van der Waals surface area contributed by atoms with Crippen molar-refractivity contribution in [2.24, 2.45) is 5.92 Å². The largest absolute Gasteiger partial charge is 0.463 e. The summed E-state index contributed by atoms with van der Waals surface area (Å²) in [7, 11) is 0. The van der Waals surface area contributed by atoms with Crippen LogP contribution < -0.4 is 5.32 Å². The molecule has 4 nitrogen and oxygen atoms in total. The molecule has 0 spiro atoms. The molecule has 0 bridgehead atoms. The quantitative estimate of drug-likeness (QED) is 0.861. The maximum atomic E-state index is 13.0.